The van der Waals surface area contributed by atoms with Gasteiger partial charge in [0.05, 0.1) is 0 Å². The van der Waals surface area contributed by atoms with E-state index >= 15 is 0 Å². The Morgan fingerprint density at radius 3 is 2.45 bits per heavy atom. The Balaban J connectivity index is 1.56. The molecule has 2 atom stereocenters. The Bertz CT molecular complexity index is 649. The molecule has 2 saturated heterocycles. The topological polar surface area (TPSA) is 34.1 Å². The first-order valence-corrected chi connectivity index (χ1v) is 7.90. The van der Waals surface area contributed by atoms with Crippen molar-refractivity contribution >= 4 is 0 Å². The molecule has 4 heteroatoms. The summed E-state index contributed by atoms with van der Waals surface area (Å²) in [4.78, 5) is 4.00. The van der Waals surface area contributed by atoms with Gasteiger partial charge in [-0.05, 0) is 61.1 Å². The second kappa shape index (κ2) is 5.69. The molecule has 3 nitrogen and oxygen atoms in total. The van der Waals surface area contributed by atoms with Crippen molar-refractivity contribution in [1.29, 1.82) is 0 Å². The molecule has 0 radical (unpaired) electrons. The molecule has 1 aromatic carbocycles. The van der Waals surface area contributed by atoms with E-state index in [0.29, 0.717) is 17.8 Å². The summed E-state index contributed by atoms with van der Waals surface area (Å²) in [6.45, 7) is 0. The molecule has 0 spiro atoms. The zero-order valence-electron chi connectivity index (χ0n) is 12.3. The molecule has 3 heterocycles. The highest BCUT2D eigenvalue weighted by atomic mass is 19.1. The Hall–Kier alpha value is -1.94. The number of piperidine rings is 1. The van der Waals surface area contributed by atoms with Crippen LogP contribution in [0.4, 0.5) is 4.39 Å². The molecular formula is C18H19FN2O. The number of hydrogen-bond donors (Lipinski definition) is 1. The van der Waals surface area contributed by atoms with Crippen LogP contribution in [0.1, 0.15) is 25.7 Å². The van der Waals surface area contributed by atoms with E-state index in [0.717, 1.165) is 24.0 Å². The van der Waals surface area contributed by atoms with Gasteiger partial charge in [-0.2, -0.15) is 0 Å². The lowest BCUT2D eigenvalue weighted by Gasteiger charge is -2.29. The van der Waals surface area contributed by atoms with Crippen LogP contribution < -0.4 is 10.1 Å². The van der Waals surface area contributed by atoms with Crippen molar-refractivity contribution < 1.29 is 9.13 Å². The lowest BCUT2D eigenvalue weighted by atomic mass is 10.0. The zero-order chi connectivity index (χ0) is 14.9. The fraction of sp³-hybridized carbons (Fsp3) is 0.389. The summed E-state index contributed by atoms with van der Waals surface area (Å²) in [5.74, 6) is 0.360. The number of ether oxygens (including phenoxy) is 1. The highest BCUT2D eigenvalue weighted by Gasteiger charge is 2.34. The average Bonchev–Trinajstić information content (AvgIpc) is 2.86. The van der Waals surface area contributed by atoms with Crippen molar-refractivity contribution in [3.8, 4) is 16.9 Å². The number of halogens is 1. The van der Waals surface area contributed by atoms with Gasteiger partial charge in [0.15, 0.2) is 0 Å². The largest absolute Gasteiger partial charge is 0.490 e. The monoisotopic (exact) mass is 298 g/mol. The molecule has 2 aromatic rings. The molecule has 0 aliphatic carbocycles. The van der Waals surface area contributed by atoms with Crippen LogP contribution in [0.15, 0.2) is 42.7 Å². The maximum atomic E-state index is 13.9. The summed E-state index contributed by atoms with van der Waals surface area (Å²) in [6.07, 6.45) is 8.10. The van der Waals surface area contributed by atoms with Gasteiger partial charge in [0, 0.05) is 30.5 Å². The van der Waals surface area contributed by atoms with E-state index in [9.17, 15) is 4.39 Å². The Kier molecular flexibility index (Phi) is 3.54. The van der Waals surface area contributed by atoms with E-state index in [1.54, 1.807) is 12.4 Å². The number of rotatable bonds is 3. The first-order valence-electron chi connectivity index (χ1n) is 7.90. The maximum absolute atomic E-state index is 13.9. The maximum Gasteiger partial charge on any atom is 0.127 e. The molecule has 22 heavy (non-hydrogen) atoms. The van der Waals surface area contributed by atoms with Crippen molar-refractivity contribution in [2.75, 3.05) is 0 Å². The second-order valence-electron chi connectivity index (χ2n) is 6.26. The van der Waals surface area contributed by atoms with Crippen LogP contribution in [0.2, 0.25) is 0 Å². The van der Waals surface area contributed by atoms with E-state index in [-0.39, 0.29) is 11.9 Å². The zero-order valence-corrected chi connectivity index (χ0v) is 12.3. The molecule has 114 valence electrons. The van der Waals surface area contributed by atoms with E-state index in [1.165, 1.54) is 25.0 Å². The molecule has 2 unspecified atom stereocenters. The minimum absolute atomic E-state index is 0.186. The van der Waals surface area contributed by atoms with Gasteiger partial charge in [-0.15, -0.1) is 0 Å². The number of benzene rings is 1. The molecule has 2 aliphatic rings. The van der Waals surface area contributed by atoms with Gasteiger partial charge in [0.1, 0.15) is 17.7 Å². The summed E-state index contributed by atoms with van der Waals surface area (Å²) in [5, 5.41) is 3.59. The standard InChI is InChI=1S/C18H19FN2O/c19-14-7-13(12-3-5-20-6-4-12)8-17(9-14)22-18-10-15-1-2-16(11-18)21-15/h3-9,15-16,18,21H,1-2,10-11H2. The van der Waals surface area contributed by atoms with Crippen LogP contribution in [0.5, 0.6) is 5.75 Å². The smallest absolute Gasteiger partial charge is 0.127 e. The van der Waals surface area contributed by atoms with Crippen molar-refractivity contribution in [2.45, 2.75) is 43.9 Å². The third-order valence-corrected chi connectivity index (χ3v) is 4.62. The van der Waals surface area contributed by atoms with Crippen LogP contribution in [0.25, 0.3) is 11.1 Å². The molecule has 1 N–H and O–H groups in total. The van der Waals surface area contributed by atoms with E-state index in [4.69, 9.17) is 4.74 Å². The van der Waals surface area contributed by atoms with Gasteiger partial charge < -0.3 is 10.1 Å². The summed E-state index contributed by atoms with van der Waals surface area (Å²) >= 11 is 0. The summed E-state index contributed by atoms with van der Waals surface area (Å²) < 4.78 is 20.0. The van der Waals surface area contributed by atoms with Crippen molar-refractivity contribution in [3.05, 3.63) is 48.5 Å². The van der Waals surface area contributed by atoms with E-state index in [2.05, 4.69) is 10.3 Å². The Morgan fingerprint density at radius 2 is 1.73 bits per heavy atom. The van der Waals surface area contributed by atoms with Gasteiger partial charge in [-0.3, -0.25) is 4.98 Å². The lowest BCUT2D eigenvalue weighted by molar-refractivity contribution is 0.137. The lowest BCUT2D eigenvalue weighted by Crippen LogP contribution is -2.42. The highest BCUT2D eigenvalue weighted by molar-refractivity contribution is 5.64. The molecular weight excluding hydrogens is 279 g/mol. The molecule has 0 saturated carbocycles. The van der Waals surface area contributed by atoms with Crippen LogP contribution >= 0.6 is 0 Å². The third kappa shape index (κ3) is 2.83. The SMILES string of the molecule is Fc1cc(OC2CC3CCC(C2)N3)cc(-c2ccncc2)c1. The minimum Gasteiger partial charge on any atom is -0.490 e. The van der Waals surface area contributed by atoms with Gasteiger partial charge in [-0.25, -0.2) is 4.39 Å². The third-order valence-electron chi connectivity index (χ3n) is 4.62. The highest BCUT2D eigenvalue weighted by Crippen LogP contribution is 2.31. The fourth-order valence-corrected chi connectivity index (χ4v) is 3.64. The number of nitrogens with one attached hydrogen (secondary N) is 1. The number of aromatic nitrogens is 1. The number of fused-ring (bicyclic) bond motifs is 2. The molecule has 4 rings (SSSR count). The van der Waals surface area contributed by atoms with Gasteiger partial charge in [-0.1, -0.05) is 0 Å². The summed E-state index contributed by atoms with van der Waals surface area (Å²) in [6, 6.07) is 9.83. The molecule has 2 bridgehead atoms. The van der Waals surface area contributed by atoms with Crippen molar-refractivity contribution in [3.63, 3.8) is 0 Å². The number of pyridine rings is 1. The predicted octanol–water partition coefficient (Wildman–Crippen LogP) is 3.55. The summed E-state index contributed by atoms with van der Waals surface area (Å²) in [7, 11) is 0. The van der Waals surface area contributed by atoms with Crippen molar-refractivity contribution in [2.24, 2.45) is 0 Å². The molecule has 0 amide bonds. The van der Waals surface area contributed by atoms with Gasteiger partial charge in [0.25, 0.3) is 0 Å². The van der Waals surface area contributed by atoms with E-state index in [1.807, 2.05) is 18.2 Å². The average molecular weight is 298 g/mol. The first kappa shape index (κ1) is 13.7. The predicted molar refractivity (Wildman–Crippen MR) is 83.2 cm³/mol. The van der Waals surface area contributed by atoms with Crippen LogP contribution in [0.3, 0.4) is 0 Å². The van der Waals surface area contributed by atoms with Gasteiger partial charge in [0.2, 0.25) is 0 Å². The normalized spacial score (nSPS) is 26.9. The molecule has 2 fully saturated rings. The van der Waals surface area contributed by atoms with Crippen LogP contribution in [-0.4, -0.2) is 23.2 Å². The van der Waals surface area contributed by atoms with Gasteiger partial charge >= 0.3 is 0 Å². The Morgan fingerprint density at radius 1 is 1.00 bits per heavy atom. The quantitative estimate of drug-likeness (QED) is 0.941. The van der Waals surface area contributed by atoms with Crippen LogP contribution in [0, 0.1) is 5.82 Å². The van der Waals surface area contributed by atoms with Crippen molar-refractivity contribution in [1.82, 2.24) is 10.3 Å². The first-order chi connectivity index (χ1) is 10.8. The summed E-state index contributed by atoms with van der Waals surface area (Å²) in [5.41, 5.74) is 1.78. The van der Waals surface area contributed by atoms with E-state index < -0.39 is 0 Å². The fourth-order valence-electron chi connectivity index (χ4n) is 3.64. The number of nitrogens with zero attached hydrogens (tertiary/aromatic N) is 1. The second-order valence-corrected chi connectivity index (χ2v) is 6.26. The number of hydrogen-bond acceptors (Lipinski definition) is 3. The molecule has 1 aromatic heterocycles. The molecule has 2 aliphatic heterocycles. The minimum atomic E-state index is -0.263. The van der Waals surface area contributed by atoms with Crippen LogP contribution in [-0.2, 0) is 0 Å². The Labute approximate surface area is 129 Å².